The highest BCUT2D eigenvalue weighted by atomic mass is 79.9. The number of rotatable bonds is 8. The first-order chi connectivity index (χ1) is 20.8. The third-order valence-corrected chi connectivity index (χ3v) is 10.9. The lowest BCUT2D eigenvalue weighted by atomic mass is 9.83. The molecule has 2 aromatic carbocycles. The van der Waals surface area contributed by atoms with Crippen molar-refractivity contribution < 1.29 is 14.3 Å². The second kappa shape index (κ2) is 13.0. The molecule has 0 unspecified atom stereocenters. The quantitative estimate of drug-likeness (QED) is 0.298. The molecule has 9 heteroatoms. The van der Waals surface area contributed by atoms with E-state index in [4.69, 9.17) is 9.84 Å². The Labute approximate surface area is 263 Å². The molecule has 230 valence electrons. The number of nitrogens with one attached hydrogen (secondary N) is 1. The van der Waals surface area contributed by atoms with Gasteiger partial charge in [-0.25, -0.2) is 0 Å². The molecule has 3 aliphatic rings. The fourth-order valence-electron chi connectivity index (χ4n) is 7.20. The topological polar surface area (TPSA) is 79.7 Å². The number of carbonyl (C=O) groups is 2. The number of hydrogen-bond donors (Lipinski definition) is 1. The minimum Gasteiger partial charge on any atom is -0.490 e. The van der Waals surface area contributed by atoms with Gasteiger partial charge in [0.25, 0.3) is 0 Å². The van der Waals surface area contributed by atoms with Gasteiger partial charge in [0.15, 0.2) is 0 Å². The number of halogens is 1. The molecule has 8 nitrogen and oxygen atoms in total. The Hall–Kier alpha value is -2.91. The number of hydrogen-bond acceptors (Lipinski definition) is 6. The van der Waals surface area contributed by atoms with Gasteiger partial charge < -0.3 is 9.64 Å². The number of benzene rings is 2. The third-order valence-electron chi connectivity index (χ3n) is 10.0. The lowest BCUT2D eigenvalue weighted by Crippen LogP contribution is -2.49. The predicted molar refractivity (Wildman–Crippen MR) is 174 cm³/mol. The van der Waals surface area contributed by atoms with Crippen LogP contribution in [0.4, 0.5) is 5.69 Å². The fourth-order valence-corrected chi connectivity index (χ4v) is 7.54. The van der Waals surface area contributed by atoms with Crippen LogP contribution in [0.5, 0.6) is 5.75 Å². The summed E-state index contributed by atoms with van der Waals surface area (Å²) in [5.74, 6) is 1.02. The number of carbonyl (C=O) groups excluding carboxylic acids is 2. The number of anilines is 1. The van der Waals surface area contributed by atoms with E-state index in [1.54, 1.807) is 0 Å². The maximum Gasteiger partial charge on any atom is 0.235 e. The van der Waals surface area contributed by atoms with E-state index in [0.717, 1.165) is 71.8 Å². The van der Waals surface area contributed by atoms with Crippen molar-refractivity contribution in [3.63, 3.8) is 0 Å². The Bertz CT molecular complexity index is 1470. The molecule has 3 aromatic rings. The number of ether oxygens (including phenoxy) is 1. The van der Waals surface area contributed by atoms with Crippen LogP contribution in [-0.2, 0) is 16.6 Å². The molecule has 43 heavy (non-hydrogen) atoms. The second-order valence-corrected chi connectivity index (χ2v) is 13.6. The summed E-state index contributed by atoms with van der Waals surface area (Å²) in [6, 6.07) is 13.3. The van der Waals surface area contributed by atoms with Crippen molar-refractivity contribution in [2.45, 2.75) is 83.3 Å². The smallest absolute Gasteiger partial charge is 0.235 e. The second-order valence-electron chi connectivity index (χ2n) is 12.8. The SMILES string of the molecule is Cc1c(Br)cccc1OC1CCC(CC[C@H](C)N2CCN(c3ccc4c([C@@H]5CCC(=O)NC5=O)nn(C)c4c3)CC2)CC1. The zero-order valence-corrected chi connectivity index (χ0v) is 27.2. The maximum atomic E-state index is 12.5. The first-order valence-corrected chi connectivity index (χ1v) is 16.8. The molecule has 1 N–H and O–H groups in total. The molecule has 2 aliphatic heterocycles. The van der Waals surface area contributed by atoms with Crippen LogP contribution >= 0.6 is 15.9 Å². The van der Waals surface area contributed by atoms with Crippen LogP contribution < -0.4 is 15.0 Å². The highest BCUT2D eigenvalue weighted by Gasteiger charge is 2.32. The first-order valence-electron chi connectivity index (χ1n) is 16.0. The molecule has 2 atom stereocenters. The summed E-state index contributed by atoms with van der Waals surface area (Å²) in [6.07, 6.45) is 8.60. The summed E-state index contributed by atoms with van der Waals surface area (Å²) in [4.78, 5) is 29.2. The van der Waals surface area contributed by atoms with Gasteiger partial charge in [0.1, 0.15) is 5.75 Å². The number of amides is 2. The Kier molecular flexibility index (Phi) is 9.10. The van der Waals surface area contributed by atoms with Crippen LogP contribution in [0.1, 0.15) is 75.5 Å². The van der Waals surface area contributed by atoms with E-state index >= 15 is 0 Å². The molecule has 1 aromatic heterocycles. The molecular formula is C34H44BrN5O3. The van der Waals surface area contributed by atoms with Crippen molar-refractivity contribution in [3.05, 3.63) is 52.1 Å². The first kappa shape index (κ1) is 30.1. The summed E-state index contributed by atoms with van der Waals surface area (Å²) in [5.41, 5.74) is 4.19. The van der Waals surface area contributed by atoms with Gasteiger partial charge in [-0.3, -0.25) is 24.5 Å². The Morgan fingerprint density at radius 3 is 2.56 bits per heavy atom. The predicted octanol–water partition coefficient (Wildman–Crippen LogP) is 6.09. The van der Waals surface area contributed by atoms with Gasteiger partial charge in [0.2, 0.25) is 11.8 Å². The lowest BCUT2D eigenvalue weighted by Gasteiger charge is -2.39. The van der Waals surface area contributed by atoms with Gasteiger partial charge >= 0.3 is 0 Å². The highest BCUT2D eigenvalue weighted by molar-refractivity contribution is 9.10. The van der Waals surface area contributed by atoms with Crippen molar-refractivity contribution in [1.82, 2.24) is 20.0 Å². The van der Waals surface area contributed by atoms with Crippen molar-refractivity contribution >= 4 is 44.3 Å². The van der Waals surface area contributed by atoms with Crippen LogP contribution in [0, 0.1) is 12.8 Å². The van der Waals surface area contributed by atoms with Crippen LogP contribution in [0.3, 0.4) is 0 Å². The van der Waals surface area contributed by atoms with E-state index in [9.17, 15) is 9.59 Å². The molecule has 1 aliphatic carbocycles. The molecular weight excluding hydrogens is 606 g/mol. The van der Waals surface area contributed by atoms with Crippen LogP contribution in [0.25, 0.3) is 10.9 Å². The zero-order chi connectivity index (χ0) is 30.1. The average molecular weight is 651 g/mol. The molecule has 0 radical (unpaired) electrons. The largest absolute Gasteiger partial charge is 0.490 e. The number of piperidine rings is 1. The summed E-state index contributed by atoms with van der Waals surface area (Å²) in [7, 11) is 1.93. The zero-order valence-electron chi connectivity index (χ0n) is 25.7. The van der Waals surface area contributed by atoms with E-state index in [2.05, 4.69) is 81.3 Å². The van der Waals surface area contributed by atoms with E-state index in [1.165, 1.54) is 36.9 Å². The Morgan fingerprint density at radius 2 is 1.81 bits per heavy atom. The van der Waals surface area contributed by atoms with E-state index < -0.39 is 0 Å². The van der Waals surface area contributed by atoms with Crippen molar-refractivity contribution in [2.24, 2.45) is 13.0 Å². The van der Waals surface area contributed by atoms with Gasteiger partial charge in [0, 0.05) is 66.8 Å². The Morgan fingerprint density at radius 1 is 1.05 bits per heavy atom. The monoisotopic (exact) mass is 649 g/mol. The highest BCUT2D eigenvalue weighted by Crippen LogP contribution is 2.35. The van der Waals surface area contributed by atoms with Crippen molar-refractivity contribution in [2.75, 3.05) is 31.1 Å². The number of nitrogens with zero attached hydrogens (tertiary/aromatic N) is 4. The van der Waals surface area contributed by atoms with Gasteiger partial charge in [-0.2, -0.15) is 5.10 Å². The van der Waals surface area contributed by atoms with E-state index in [1.807, 2.05) is 11.7 Å². The van der Waals surface area contributed by atoms with Crippen LogP contribution in [0.2, 0.25) is 0 Å². The number of piperazine rings is 1. The lowest BCUT2D eigenvalue weighted by molar-refractivity contribution is -0.134. The molecule has 3 fully saturated rings. The Balaban J connectivity index is 0.971. The van der Waals surface area contributed by atoms with Gasteiger partial charge in [-0.15, -0.1) is 0 Å². The molecule has 0 spiro atoms. The third kappa shape index (κ3) is 6.63. The van der Waals surface area contributed by atoms with Gasteiger partial charge in [0.05, 0.1) is 23.2 Å². The molecule has 2 saturated heterocycles. The summed E-state index contributed by atoms with van der Waals surface area (Å²) in [5, 5.41) is 8.18. The molecule has 6 rings (SSSR count). The molecule has 1 saturated carbocycles. The standard InChI is InChI=1S/C34H44BrN5O3/c1-22(7-8-24-9-12-26(13-10-24)43-31-6-4-5-29(35)23(31)2)39-17-19-40(20-18-39)25-11-14-27-30(21-25)38(3)37-33(27)28-15-16-32(41)36-34(28)42/h4-6,11,14,21-22,24,26,28H,7-10,12-13,15-20H2,1-3H3,(H,36,41,42)/t22-,24?,26?,28-/m0/s1. The van der Waals surface area contributed by atoms with Crippen molar-refractivity contribution in [3.8, 4) is 5.75 Å². The molecule has 0 bridgehead atoms. The fraction of sp³-hybridized carbons (Fsp3) is 0.559. The molecule has 3 heterocycles. The number of aromatic nitrogens is 2. The van der Waals surface area contributed by atoms with Gasteiger partial charge in [-0.1, -0.05) is 22.0 Å². The van der Waals surface area contributed by atoms with Crippen LogP contribution in [-0.4, -0.2) is 64.8 Å². The average Bonchev–Trinajstić information content (AvgIpc) is 3.34. The minimum absolute atomic E-state index is 0.196. The van der Waals surface area contributed by atoms with E-state index in [0.29, 0.717) is 25.0 Å². The van der Waals surface area contributed by atoms with Crippen LogP contribution in [0.15, 0.2) is 40.9 Å². The van der Waals surface area contributed by atoms with E-state index in [-0.39, 0.29) is 17.7 Å². The minimum atomic E-state index is -0.373. The van der Waals surface area contributed by atoms with Gasteiger partial charge in [-0.05, 0) is 95.0 Å². The summed E-state index contributed by atoms with van der Waals surface area (Å²) < 4.78 is 9.36. The van der Waals surface area contributed by atoms with Crippen molar-refractivity contribution in [1.29, 1.82) is 0 Å². The molecule has 2 amide bonds. The summed E-state index contributed by atoms with van der Waals surface area (Å²) in [6.45, 7) is 8.67. The summed E-state index contributed by atoms with van der Waals surface area (Å²) >= 11 is 3.62. The normalized spacial score (nSPS) is 24.3. The number of aryl methyl sites for hydroxylation is 1. The number of fused-ring (bicyclic) bond motifs is 1. The maximum absolute atomic E-state index is 12.5. The number of imide groups is 1.